The first-order chi connectivity index (χ1) is 12.1. The summed E-state index contributed by atoms with van der Waals surface area (Å²) in [6, 6.07) is 9.34. The van der Waals surface area contributed by atoms with E-state index in [-0.39, 0.29) is 0 Å². The van der Waals surface area contributed by atoms with Crippen LogP contribution >= 0.6 is 0 Å². The van der Waals surface area contributed by atoms with E-state index in [0.717, 1.165) is 24.3 Å². The smallest absolute Gasteiger partial charge is 0.408 e. The third kappa shape index (κ3) is 7.43. The van der Waals surface area contributed by atoms with Crippen LogP contribution in [0.5, 0.6) is 0 Å². The molecule has 0 saturated carbocycles. The number of amides is 2. The van der Waals surface area contributed by atoms with Crippen LogP contribution in [0.25, 0.3) is 0 Å². The van der Waals surface area contributed by atoms with Crippen molar-refractivity contribution < 1.29 is 14.3 Å². The second-order valence-electron chi connectivity index (χ2n) is 7.09. The Morgan fingerprint density at radius 1 is 1.27 bits per heavy atom. The van der Waals surface area contributed by atoms with E-state index in [9.17, 15) is 9.59 Å². The summed E-state index contributed by atoms with van der Waals surface area (Å²) in [7, 11) is 0. The highest BCUT2D eigenvalue weighted by atomic mass is 16.6. The number of hydrogen-bond acceptors (Lipinski definition) is 5. The van der Waals surface area contributed by atoms with Gasteiger partial charge in [0.15, 0.2) is 0 Å². The van der Waals surface area contributed by atoms with Crippen LogP contribution in [-0.4, -0.2) is 36.7 Å². The molecule has 142 valence electrons. The molecule has 0 aliphatic carbocycles. The van der Waals surface area contributed by atoms with Crippen molar-refractivity contribution in [2.75, 3.05) is 18.0 Å². The number of alkyl carbamates (subject to hydrolysis) is 1. The summed E-state index contributed by atoms with van der Waals surface area (Å²) in [4.78, 5) is 23.9. The van der Waals surface area contributed by atoms with E-state index in [1.807, 2.05) is 24.3 Å². The third-order valence-electron chi connectivity index (χ3n) is 3.63. The van der Waals surface area contributed by atoms with Crippen LogP contribution < -0.4 is 16.0 Å². The molecule has 0 radical (unpaired) electrons. The van der Waals surface area contributed by atoms with Gasteiger partial charge >= 0.3 is 6.09 Å². The van der Waals surface area contributed by atoms with Gasteiger partial charge in [-0.1, -0.05) is 12.1 Å². The lowest BCUT2D eigenvalue weighted by Gasteiger charge is -2.20. The number of para-hydroxylation sites is 1. The predicted molar refractivity (Wildman–Crippen MR) is 101 cm³/mol. The Kier molecular flexibility index (Phi) is 7.91. The fourth-order valence-electron chi connectivity index (χ4n) is 2.36. The predicted octanol–water partition coefficient (Wildman–Crippen LogP) is 2.54. The summed E-state index contributed by atoms with van der Waals surface area (Å²) in [5.74, 6) is -0.592. The van der Waals surface area contributed by atoms with E-state index < -0.39 is 23.6 Å². The van der Waals surface area contributed by atoms with Gasteiger partial charge in [-0.25, -0.2) is 4.79 Å². The summed E-state index contributed by atoms with van der Waals surface area (Å²) >= 11 is 0. The Morgan fingerprint density at radius 2 is 1.85 bits per heavy atom. The number of nitrogens with one attached hydrogen (secondary N) is 1. The van der Waals surface area contributed by atoms with Gasteiger partial charge in [0.2, 0.25) is 5.91 Å². The molecule has 1 heterocycles. The van der Waals surface area contributed by atoms with Crippen molar-refractivity contribution in [3.8, 4) is 6.07 Å². The second-order valence-corrected chi connectivity index (χ2v) is 7.09. The normalized spacial score (nSPS) is 14.5. The van der Waals surface area contributed by atoms with Crippen LogP contribution in [0.3, 0.4) is 0 Å². The molecular weight excluding hydrogens is 332 g/mol. The Hall–Kier alpha value is -2.75. The standard InChI is InChI=1S/C11H12N2.C8H16N2O3/c12-9-10-5-1-2-6-11(10)13-7-3-4-8-13;1-5(6(9)11)10-7(12)13-8(2,3)4/h1-2,5-6H,3-4,7-8H2;5H,1-4H3,(H2,9,11)(H,10,12). The van der Waals surface area contributed by atoms with Crippen LogP contribution in [-0.2, 0) is 9.53 Å². The molecule has 1 aliphatic rings. The summed E-state index contributed by atoms with van der Waals surface area (Å²) in [6.07, 6.45) is 1.86. The SMILES string of the molecule is CC(NC(=O)OC(C)(C)C)C(N)=O.N#Cc1ccccc1N1CCCC1. The molecule has 0 aromatic heterocycles. The Morgan fingerprint density at radius 3 is 2.35 bits per heavy atom. The zero-order valence-corrected chi connectivity index (χ0v) is 15.9. The van der Waals surface area contributed by atoms with Gasteiger partial charge in [0.25, 0.3) is 0 Å². The monoisotopic (exact) mass is 360 g/mol. The van der Waals surface area contributed by atoms with Gasteiger partial charge in [0.1, 0.15) is 17.7 Å². The van der Waals surface area contributed by atoms with Crippen LogP contribution in [0, 0.1) is 11.3 Å². The highest BCUT2D eigenvalue weighted by molar-refractivity contribution is 5.83. The lowest BCUT2D eigenvalue weighted by molar-refractivity contribution is -0.119. The van der Waals surface area contributed by atoms with E-state index in [0.29, 0.717) is 0 Å². The molecule has 1 atom stereocenters. The van der Waals surface area contributed by atoms with E-state index in [1.54, 1.807) is 20.8 Å². The van der Waals surface area contributed by atoms with Crippen molar-refractivity contribution in [1.29, 1.82) is 5.26 Å². The zero-order valence-electron chi connectivity index (χ0n) is 15.9. The highest BCUT2D eigenvalue weighted by Gasteiger charge is 2.19. The largest absolute Gasteiger partial charge is 0.444 e. The van der Waals surface area contributed by atoms with Gasteiger partial charge in [-0.2, -0.15) is 5.26 Å². The number of benzene rings is 1. The first kappa shape index (κ1) is 21.3. The molecule has 2 amide bonds. The minimum atomic E-state index is -0.713. The molecule has 0 bridgehead atoms. The molecule has 1 saturated heterocycles. The number of hydrogen-bond donors (Lipinski definition) is 2. The second kappa shape index (κ2) is 9.66. The summed E-state index contributed by atoms with van der Waals surface area (Å²) in [5.41, 5.74) is 6.27. The molecule has 2 rings (SSSR count). The van der Waals surface area contributed by atoms with E-state index in [2.05, 4.69) is 16.3 Å². The first-order valence-corrected chi connectivity index (χ1v) is 8.67. The molecule has 7 nitrogen and oxygen atoms in total. The lowest BCUT2D eigenvalue weighted by Crippen LogP contribution is -2.44. The quantitative estimate of drug-likeness (QED) is 0.861. The molecule has 1 fully saturated rings. The van der Waals surface area contributed by atoms with Crippen molar-refractivity contribution in [1.82, 2.24) is 5.32 Å². The average Bonchev–Trinajstić information content (AvgIpc) is 3.07. The molecule has 7 heteroatoms. The van der Waals surface area contributed by atoms with Gasteiger partial charge in [-0.05, 0) is 52.7 Å². The van der Waals surface area contributed by atoms with Gasteiger partial charge < -0.3 is 20.7 Å². The van der Waals surface area contributed by atoms with Gasteiger partial charge in [0.05, 0.1) is 11.3 Å². The Labute approximate surface area is 155 Å². The maximum atomic E-state index is 11.0. The van der Waals surface area contributed by atoms with Crippen LogP contribution in [0.2, 0.25) is 0 Å². The van der Waals surface area contributed by atoms with Crippen molar-refractivity contribution in [3.63, 3.8) is 0 Å². The highest BCUT2D eigenvalue weighted by Crippen LogP contribution is 2.23. The summed E-state index contributed by atoms with van der Waals surface area (Å²) < 4.78 is 4.90. The minimum Gasteiger partial charge on any atom is -0.444 e. The van der Waals surface area contributed by atoms with E-state index in [1.165, 1.54) is 19.8 Å². The van der Waals surface area contributed by atoms with Crippen molar-refractivity contribution in [2.45, 2.75) is 52.2 Å². The van der Waals surface area contributed by atoms with Crippen LogP contribution in [0.1, 0.15) is 46.1 Å². The lowest BCUT2D eigenvalue weighted by atomic mass is 10.2. The number of primary amides is 1. The molecule has 26 heavy (non-hydrogen) atoms. The molecular formula is C19H28N4O3. The van der Waals surface area contributed by atoms with Gasteiger partial charge in [0, 0.05) is 13.1 Å². The van der Waals surface area contributed by atoms with Crippen LogP contribution in [0.4, 0.5) is 10.5 Å². The van der Waals surface area contributed by atoms with Crippen LogP contribution in [0.15, 0.2) is 24.3 Å². The Bertz CT molecular complexity index is 655. The number of rotatable bonds is 3. The number of anilines is 1. The minimum absolute atomic E-state index is 0.568. The van der Waals surface area contributed by atoms with Crippen molar-refractivity contribution >= 4 is 17.7 Å². The van der Waals surface area contributed by atoms with Crippen molar-refractivity contribution in [2.24, 2.45) is 5.73 Å². The molecule has 1 unspecified atom stereocenters. The third-order valence-corrected chi connectivity index (χ3v) is 3.63. The number of nitriles is 1. The van der Waals surface area contributed by atoms with E-state index >= 15 is 0 Å². The fraction of sp³-hybridized carbons (Fsp3) is 0.526. The Balaban J connectivity index is 0.000000260. The maximum Gasteiger partial charge on any atom is 0.408 e. The molecule has 1 aliphatic heterocycles. The number of carbonyl (C=O) groups is 2. The molecule has 3 N–H and O–H groups in total. The van der Waals surface area contributed by atoms with Gasteiger partial charge in [-0.15, -0.1) is 0 Å². The first-order valence-electron chi connectivity index (χ1n) is 8.67. The number of ether oxygens (including phenoxy) is 1. The number of carbonyl (C=O) groups excluding carboxylic acids is 2. The maximum absolute atomic E-state index is 11.0. The number of nitrogens with zero attached hydrogens (tertiary/aromatic N) is 2. The molecule has 1 aromatic carbocycles. The molecule has 1 aromatic rings. The topological polar surface area (TPSA) is 108 Å². The zero-order chi connectivity index (χ0) is 19.7. The summed E-state index contributed by atoms with van der Waals surface area (Å²) in [5, 5.41) is 11.2. The molecule has 0 spiro atoms. The number of nitrogens with two attached hydrogens (primary N) is 1. The summed E-state index contributed by atoms with van der Waals surface area (Å²) in [6.45, 7) is 8.90. The fourth-order valence-corrected chi connectivity index (χ4v) is 2.36. The van der Waals surface area contributed by atoms with E-state index in [4.69, 9.17) is 15.7 Å². The van der Waals surface area contributed by atoms with Crippen molar-refractivity contribution in [3.05, 3.63) is 29.8 Å². The average molecular weight is 360 g/mol. The van der Waals surface area contributed by atoms with Gasteiger partial charge in [-0.3, -0.25) is 4.79 Å².